The number of hydrogen-bond acceptors (Lipinski definition) is 6. The summed E-state index contributed by atoms with van der Waals surface area (Å²) in [4.78, 5) is 27.7. The topological polar surface area (TPSA) is 94.9 Å². The van der Waals surface area contributed by atoms with Crippen LogP contribution in [0.5, 0.6) is 17.2 Å². The van der Waals surface area contributed by atoms with Gasteiger partial charge in [0.25, 0.3) is 0 Å². The molecule has 226 valence electrons. The molecule has 0 radical (unpaired) electrons. The lowest BCUT2D eigenvalue weighted by Crippen LogP contribution is -2.29. The van der Waals surface area contributed by atoms with E-state index in [1.807, 2.05) is 0 Å². The first kappa shape index (κ1) is 30.7. The molecule has 1 aliphatic heterocycles. The maximum Gasteiger partial charge on any atom is 0.505 e. The average Bonchev–Trinajstić information content (AvgIpc) is 3.44. The van der Waals surface area contributed by atoms with E-state index < -0.39 is 47.0 Å². The van der Waals surface area contributed by atoms with E-state index in [-0.39, 0.29) is 35.0 Å². The summed E-state index contributed by atoms with van der Waals surface area (Å²) in [7, 11) is 3.00. The van der Waals surface area contributed by atoms with Gasteiger partial charge in [0.2, 0.25) is 11.8 Å². The number of ether oxygens (including phenoxy) is 3. The molecule has 2 amide bonds. The summed E-state index contributed by atoms with van der Waals surface area (Å²) in [5, 5.41) is 5.95. The van der Waals surface area contributed by atoms with Gasteiger partial charge >= 0.3 is 6.30 Å². The number of hydrogen-bond donors (Lipinski definition) is 1. The largest absolute Gasteiger partial charge is 0.505 e. The fraction of sp³-hybridized carbons (Fsp3) is 0.414. The Morgan fingerprint density at radius 2 is 1.76 bits per heavy atom. The second kappa shape index (κ2) is 11.5. The van der Waals surface area contributed by atoms with E-state index >= 15 is 0 Å². The van der Waals surface area contributed by atoms with Crippen LogP contribution >= 0.6 is 0 Å². The van der Waals surface area contributed by atoms with Gasteiger partial charge in [-0.15, -0.1) is 18.3 Å². The van der Waals surface area contributed by atoms with Crippen LogP contribution in [0.3, 0.4) is 0 Å². The number of likely N-dealkylation sites (tertiary alicyclic amines) is 1. The van der Waals surface area contributed by atoms with Gasteiger partial charge in [0.1, 0.15) is 28.7 Å². The Hall–Kier alpha value is -4.29. The molecule has 1 N–H and O–H groups in total. The molecular weight excluding hydrogens is 560 g/mol. The predicted molar refractivity (Wildman–Crippen MR) is 146 cm³/mol. The Balaban J connectivity index is 1.57. The molecule has 4 rings (SSSR count). The SMILES string of the molecule is COc1ccc(CN2C[C@H](C(=O)Nc3cc(-c4cc(F)cc(OC(C)(C)C)c4)n(C(F)(F)F)n3)[C@@H](C)C2=O)c(OC)c1. The van der Waals surface area contributed by atoms with Crippen molar-refractivity contribution in [1.29, 1.82) is 0 Å². The number of carbonyl (C=O) groups excluding carboxylic acids is 2. The van der Waals surface area contributed by atoms with Gasteiger partial charge in [0.15, 0.2) is 5.82 Å². The molecule has 2 aromatic carbocycles. The highest BCUT2D eigenvalue weighted by molar-refractivity contribution is 5.98. The highest BCUT2D eigenvalue weighted by Crippen LogP contribution is 2.36. The summed E-state index contributed by atoms with van der Waals surface area (Å²) in [5.41, 5.74) is -0.683. The van der Waals surface area contributed by atoms with Crippen LogP contribution in [0.1, 0.15) is 33.3 Å². The highest BCUT2D eigenvalue weighted by atomic mass is 19.4. The van der Waals surface area contributed by atoms with E-state index in [0.717, 1.165) is 18.2 Å². The summed E-state index contributed by atoms with van der Waals surface area (Å²) in [6.45, 7) is 6.93. The number of amides is 2. The van der Waals surface area contributed by atoms with Gasteiger partial charge in [-0.2, -0.15) is 4.68 Å². The van der Waals surface area contributed by atoms with Crippen molar-refractivity contribution in [1.82, 2.24) is 14.7 Å². The number of halogens is 4. The van der Waals surface area contributed by atoms with Gasteiger partial charge < -0.3 is 24.4 Å². The van der Waals surface area contributed by atoms with Crippen LogP contribution in [0.2, 0.25) is 0 Å². The summed E-state index contributed by atoms with van der Waals surface area (Å²) in [5.74, 6) is -2.66. The Bertz CT molecular complexity index is 1480. The van der Waals surface area contributed by atoms with Crippen LogP contribution in [0, 0.1) is 17.7 Å². The molecule has 0 bridgehead atoms. The van der Waals surface area contributed by atoms with Crippen LogP contribution in [0.25, 0.3) is 11.3 Å². The number of carbonyl (C=O) groups is 2. The minimum absolute atomic E-state index is 0.0323. The van der Waals surface area contributed by atoms with Crippen LogP contribution < -0.4 is 19.5 Å². The molecule has 1 aromatic heterocycles. The molecule has 3 aromatic rings. The number of nitrogens with zero attached hydrogens (tertiary/aromatic N) is 3. The third-order valence-corrected chi connectivity index (χ3v) is 6.71. The smallest absolute Gasteiger partial charge is 0.497 e. The Morgan fingerprint density at radius 3 is 2.38 bits per heavy atom. The van der Waals surface area contributed by atoms with Gasteiger partial charge in [0, 0.05) is 48.3 Å². The molecule has 9 nitrogen and oxygen atoms in total. The summed E-state index contributed by atoms with van der Waals surface area (Å²) < 4.78 is 72.2. The van der Waals surface area contributed by atoms with E-state index in [1.54, 1.807) is 45.9 Å². The van der Waals surface area contributed by atoms with Crippen LogP contribution in [-0.4, -0.2) is 52.9 Å². The minimum Gasteiger partial charge on any atom is -0.497 e. The van der Waals surface area contributed by atoms with Crippen LogP contribution in [0.15, 0.2) is 42.5 Å². The Kier molecular flexibility index (Phi) is 8.42. The van der Waals surface area contributed by atoms with Gasteiger partial charge in [-0.05, 0) is 45.0 Å². The maximum absolute atomic E-state index is 14.4. The lowest BCUT2D eigenvalue weighted by atomic mass is 9.97. The maximum atomic E-state index is 14.4. The highest BCUT2D eigenvalue weighted by Gasteiger charge is 2.42. The first-order valence-electron chi connectivity index (χ1n) is 13.1. The quantitative estimate of drug-likeness (QED) is 0.343. The number of anilines is 1. The molecular formula is C29H32F4N4O5. The molecule has 42 heavy (non-hydrogen) atoms. The molecule has 1 fully saturated rings. The van der Waals surface area contributed by atoms with E-state index in [2.05, 4.69) is 10.4 Å². The van der Waals surface area contributed by atoms with E-state index in [4.69, 9.17) is 14.2 Å². The Labute approximate surface area is 240 Å². The number of benzene rings is 2. The van der Waals surface area contributed by atoms with Gasteiger partial charge in [0.05, 0.1) is 25.8 Å². The number of rotatable bonds is 8. The number of nitrogens with one attached hydrogen (secondary N) is 1. The molecule has 2 heterocycles. The summed E-state index contributed by atoms with van der Waals surface area (Å²) in [6.07, 6.45) is -4.97. The third-order valence-electron chi connectivity index (χ3n) is 6.71. The standard InChI is InChI=1S/C29H32F4N4O5/c1-16-22(15-36(27(16)39)14-17-7-8-20(40-5)12-24(17)41-6)26(38)34-25-13-23(37(35-25)29(31,32)33)18-9-19(30)11-21(10-18)42-28(2,3)4/h7-13,16,22H,14-15H2,1-6H3,(H,34,35,38)/t16-,22+/m1/s1. The molecule has 0 saturated carbocycles. The zero-order valence-corrected chi connectivity index (χ0v) is 24.0. The van der Waals surface area contributed by atoms with Crippen molar-refractivity contribution in [2.75, 3.05) is 26.1 Å². The number of alkyl halides is 3. The van der Waals surface area contributed by atoms with Crippen molar-refractivity contribution in [3.05, 3.63) is 53.8 Å². The zero-order chi connectivity index (χ0) is 31.0. The minimum atomic E-state index is -4.97. The first-order valence-corrected chi connectivity index (χ1v) is 13.1. The van der Waals surface area contributed by atoms with E-state index in [9.17, 15) is 27.2 Å². The average molecular weight is 593 g/mol. The molecule has 1 aliphatic rings. The lowest BCUT2D eigenvalue weighted by molar-refractivity contribution is -0.210. The molecule has 13 heteroatoms. The molecule has 0 spiro atoms. The van der Waals surface area contributed by atoms with Crippen molar-refractivity contribution in [3.8, 4) is 28.5 Å². The van der Waals surface area contributed by atoms with Gasteiger partial charge in [-0.1, -0.05) is 6.92 Å². The van der Waals surface area contributed by atoms with E-state index in [0.29, 0.717) is 17.1 Å². The van der Waals surface area contributed by atoms with Gasteiger partial charge in [-0.3, -0.25) is 9.59 Å². The van der Waals surface area contributed by atoms with Crippen molar-refractivity contribution in [3.63, 3.8) is 0 Å². The second-order valence-corrected chi connectivity index (χ2v) is 11.0. The summed E-state index contributed by atoms with van der Waals surface area (Å²) in [6, 6.07) is 9.40. The van der Waals surface area contributed by atoms with E-state index in [1.165, 1.54) is 25.2 Å². The van der Waals surface area contributed by atoms with Crippen molar-refractivity contribution in [2.45, 2.75) is 46.1 Å². The Morgan fingerprint density at radius 1 is 1.05 bits per heavy atom. The van der Waals surface area contributed by atoms with Crippen molar-refractivity contribution >= 4 is 17.6 Å². The summed E-state index contributed by atoms with van der Waals surface area (Å²) >= 11 is 0. The van der Waals surface area contributed by atoms with Crippen LogP contribution in [-0.2, 0) is 22.4 Å². The number of methoxy groups -OCH3 is 2. The fourth-order valence-corrected chi connectivity index (χ4v) is 4.77. The van der Waals surface area contributed by atoms with Crippen LogP contribution in [0.4, 0.5) is 23.4 Å². The third kappa shape index (κ3) is 6.77. The first-order chi connectivity index (χ1) is 19.6. The lowest BCUT2D eigenvalue weighted by Gasteiger charge is -2.22. The van der Waals surface area contributed by atoms with Gasteiger partial charge in [-0.25, -0.2) is 4.39 Å². The fourth-order valence-electron chi connectivity index (χ4n) is 4.77. The molecule has 2 atom stereocenters. The molecule has 0 aliphatic carbocycles. The zero-order valence-electron chi connectivity index (χ0n) is 24.0. The monoisotopic (exact) mass is 592 g/mol. The number of aromatic nitrogens is 2. The predicted octanol–water partition coefficient (Wildman–Crippen LogP) is 5.59. The second-order valence-electron chi connectivity index (χ2n) is 11.0. The molecule has 0 unspecified atom stereocenters. The van der Waals surface area contributed by atoms with Crippen molar-refractivity contribution < 1.29 is 41.4 Å². The van der Waals surface area contributed by atoms with Crippen molar-refractivity contribution in [2.24, 2.45) is 11.8 Å². The normalized spacial score (nSPS) is 17.4. The molecule has 1 saturated heterocycles.